The number of fused-ring (bicyclic) bond motifs is 2. The quantitative estimate of drug-likeness (QED) is 0.616. The molecule has 2 rings (SSSR count). The van der Waals surface area contributed by atoms with E-state index in [0.29, 0.717) is 11.5 Å². The molecule has 2 bridgehead atoms. The standard InChI is InChI=1S/C10H15NO2/c1-7(10(12)13)9-3-5-11-4-2-8(9)6-11/h8H,2-6H2,1H3,(H,12,13)/b9-7-. The van der Waals surface area contributed by atoms with Crippen molar-refractivity contribution in [1.82, 2.24) is 4.90 Å². The van der Waals surface area contributed by atoms with Crippen LogP contribution in [0.5, 0.6) is 0 Å². The maximum absolute atomic E-state index is 10.8. The van der Waals surface area contributed by atoms with E-state index in [-0.39, 0.29) is 0 Å². The topological polar surface area (TPSA) is 40.5 Å². The summed E-state index contributed by atoms with van der Waals surface area (Å²) < 4.78 is 0. The smallest absolute Gasteiger partial charge is 0.331 e. The highest BCUT2D eigenvalue weighted by Crippen LogP contribution is 2.33. The molecule has 0 radical (unpaired) electrons. The summed E-state index contributed by atoms with van der Waals surface area (Å²) in [6.45, 7) is 5.03. The third-order valence-electron chi connectivity index (χ3n) is 3.27. The SMILES string of the molecule is C/C(C(=O)O)=C1\CCN2CCC1C2. The van der Waals surface area contributed by atoms with E-state index < -0.39 is 5.97 Å². The summed E-state index contributed by atoms with van der Waals surface area (Å²) in [4.78, 5) is 13.2. The first kappa shape index (κ1) is 8.75. The second-order valence-electron chi connectivity index (χ2n) is 3.99. The fraction of sp³-hybridized carbons (Fsp3) is 0.700. The van der Waals surface area contributed by atoms with E-state index in [0.717, 1.165) is 32.5 Å². The molecular weight excluding hydrogens is 166 g/mol. The zero-order valence-electron chi connectivity index (χ0n) is 7.92. The summed E-state index contributed by atoms with van der Waals surface area (Å²) in [7, 11) is 0. The largest absolute Gasteiger partial charge is 0.478 e. The van der Waals surface area contributed by atoms with Gasteiger partial charge in [0.25, 0.3) is 0 Å². The minimum atomic E-state index is -0.740. The van der Waals surface area contributed by atoms with Crippen LogP contribution in [0.1, 0.15) is 19.8 Å². The molecule has 3 heteroatoms. The molecule has 0 aliphatic carbocycles. The van der Waals surface area contributed by atoms with Crippen molar-refractivity contribution < 1.29 is 9.90 Å². The average Bonchev–Trinajstić information content (AvgIpc) is 2.47. The predicted molar refractivity (Wildman–Crippen MR) is 49.5 cm³/mol. The summed E-state index contributed by atoms with van der Waals surface area (Å²) >= 11 is 0. The van der Waals surface area contributed by atoms with Gasteiger partial charge in [0.05, 0.1) is 0 Å². The monoisotopic (exact) mass is 181 g/mol. The Morgan fingerprint density at radius 1 is 1.54 bits per heavy atom. The molecule has 0 aromatic carbocycles. The van der Waals surface area contributed by atoms with E-state index in [4.69, 9.17) is 5.11 Å². The van der Waals surface area contributed by atoms with Crippen LogP contribution in [-0.4, -0.2) is 35.6 Å². The van der Waals surface area contributed by atoms with Crippen LogP contribution in [0.3, 0.4) is 0 Å². The number of carboxylic acids is 1. The van der Waals surface area contributed by atoms with Gasteiger partial charge in [0.2, 0.25) is 0 Å². The Balaban J connectivity index is 2.24. The van der Waals surface area contributed by atoms with Crippen LogP contribution >= 0.6 is 0 Å². The maximum atomic E-state index is 10.8. The zero-order chi connectivity index (χ0) is 9.42. The van der Waals surface area contributed by atoms with Crippen LogP contribution in [0.25, 0.3) is 0 Å². The number of rotatable bonds is 1. The lowest BCUT2D eigenvalue weighted by Gasteiger charge is -2.25. The normalized spacial score (nSPS) is 36.1. The Kier molecular flexibility index (Phi) is 2.12. The Labute approximate surface area is 78.0 Å². The summed E-state index contributed by atoms with van der Waals surface area (Å²) in [6, 6.07) is 0. The molecule has 13 heavy (non-hydrogen) atoms. The number of carbonyl (C=O) groups is 1. The van der Waals surface area contributed by atoms with Crippen LogP contribution in [0.2, 0.25) is 0 Å². The summed E-state index contributed by atoms with van der Waals surface area (Å²) in [6.07, 6.45) is 2.11. The predicted octanol–water partition coefficient (Wildman–Crippen LogP) is 1.11. The molecule has 2 aliphatic rings. The summed E-state index contributed by atoms with van der Waals surface area (Å²) in [5.74, 6) is -0.208. The second-order valence-corrected chi connectivity index (χ2v) is 3.99. The first-order valence-corrected chi connectivity index (χ1v) is 4.84. The van der Waals surface area contributed by atoms with Gasteiger partial charge in [-0.05, 0) is 32.2 Å². The molecule has 2 saturated heterocycles. The van der Waals surface area contributed by atoms with Crippen molar-refractivity contribution in [2.24, 2.45) is 5.92 Å². The number of aliphatic carboxylic acids is 1. The lowest BCUT2D eigenvalue weighted by molar-refractivity contribution is -0.132. The first-order chi connectivity index (χ1) is 6.18. The van der Waals surface area contributed by atoms with Gasteiger partial charge in [-0.2, -0.15) is 0 Å². The highest BCUT2D eigenvalue weighted by molar-refractivity contribution is 5.87. The summed E-state index contributed by atoms with van der Waals surface area (Å²) in [5.41, 5.74) is 1.79. The molecule has 2 fully saturated rings. The van der Waals surface area contributed by atoms with Crippen LogP contribution < -0.4 is 0 Å². The highest BCUT2D eigenvalue weighted by atomic mass is 16.4. The van der Waals surface area contributed by atoms with Gasteiger partial charge in [-0.3, -0.25) is 0 Å². The zero-order valence-corrected chi connectivity index (χ0v) is 7.92. The molecular formula is C10H15NO2. The molecule has 1 N–H and O–H groups in total. The molecule has 0 spiro atoms. The van der Waals surface area contributed by atoms with Crippen molar-refractivity contribution in [3.63, 3.8) is 0 Å². The lowest BCUT2D eigenvalue weighted by atomic mass is 9.90. The molecule has 2 atom stereocenters. The van der Waals surface area contributed by atoms with Gasteiger partial charge in [0.15, 0.2) is 0 Å². The second kappa shape index (κ2) is 3.14. The fourth-order valence-corrected chi connectivity index (χ4v) is 2.43. The van der Waals surface area contributed by atoms with E-state index in [1.165, 1.54) is 5.57 Å². The molecule has 2 unspecified atom stereocenters. The summed E-state index contributed by atoms with van der Waals surface area (Å²) in [5, 5.41) is 8.89. The van der Waals surface area contributed by atoms with Crippen molar-refractivity contribution in [2.75, 3.05) is 19.6 Å². The van der Waals surface area contributed by atoms with E-state index >= 15 is 0 Å². The third-order valence-corrected chi connectivity index (χ3v) is 3.27. The average molecular weight is 181 g/mol. The Morgan fingerprint density at radius 3 is 3.00 bits per heavy atom. The molecule has 0 saturated carbocycles. The first-order valence-electron chi connectivity index (χ1n) is 4.84. The van der Waals surface area contributed by atoms with Gasteiger partial charge >= 0.3 is 5.97 Å². The van der Waals surface area contributed by atoms with Crippen molar-refractivity contribution in [3.05, 3.63) is 11.1 Å². The number of carboxylic acid groups (broad SMARTS) is 1. The molecule has 3 nitrogen and oxygen atoms in total. The molecule has 0 amide bonds. The fourth-order valence-electron chi connectivity index (χ4n) is 2.43. The molecule has 72 valence electrons. The number of hydrogen-bond acceptors (Lipinski definition) is 2. The molecule has 0 aromatic rings. The third kappa shape index (κ3) is 1.48. The van der Waals surface area contributed by atoms with Gasteiger partial charge in [-0.25, -0.2) is 4.79 Å². The Bertz CT molecular complexity index is 270. The van der Waals surface area contributed by atoms with Crippen molar-refractivity contribution in [2.45, 2.75) is 19.8 Å². The number of piperidine rings is 1. The van der Waals surface area contributed by atoms with Crippen molar-refractivity contribution >= 4 is 5.97 Å². The highest BCUT2D eigenvalue weighted by Gasteiger charge is 2.31. The van der Waals surface area contributed by atoms with Gasteiger partial charge in [0, 0.05) is 18.7 Å². The Hall–Kier alpha value is -0.830. The number of hydrogen-bond donors (Lipinski definition) is 1. The van der Waals surface area contributed by atoms with Crippen LogP contribution in [0.15, 0.2) is 11.1 Å². The van der Waals surface area contributed by atoms with Gasteiger partial charge in [-0.15, -0.1) is 0 Å². The van der Waals surface area contributed by atoms with E-state index in [9.17, 15) is 4.79 Å². The van der Waals surface area contributed by atoms with Crippen LogP contribution in [0, 0.1) is 5.92 Å². The minimum Gasteiger partial charge on any atom is -0.478 e. The molecule has 0 aromatic heterocycles. The van der Waals surface area contributed by atoms with Gasteiger partial charge in [-0.1, -0.05) is 5.57 Å². The number of nitrogens with zero attached hydrogens (tertiary/aromatic N) is 1. The van der Waals surface area contributed by atoms with Crippen LogP contribution in [0.4, 0.5) is 0 Å². The van der Waals surface area contributed by atoms with E-state index in [1.807, 2.05) is 0 Å². The maximum Gasteiger partial charge on any atom is 0.331 e. The Morgan fingerprint density at radius 2 is 2.31 bits per heavy atom. The van der Waals surface area contributed by atoms with E-state index in [1.54, 1.807) is 6.92 Å². The lowest BCUT2D eigenvalue weighted by Crippen LogP contribution is -2.28. The molecule has 2 aliphatic heterocycles. The van der Waals surface area contributed by atoms with Gasteiger partial charge < -0.3 is 10.0 Å². The van der Waals surface area contributed by atoms with Crippen molar-refractivity contribution in [1.29, 1.82) is 0 Å². The van der Waals surface area contributed by atoms with Crippen molar-refractivity contribution in [3.8, 4) is 0 Å². The van der Waals surface area contributed by atoms with Crippen LogP contribution in [-0.2, 0) is 4.79 Å². The minimum absolute atomic E-state index is 0.532. The molecule has 2 heterocycles. The van der Waals surface area contributed by atoms with Gasteiger partial charge in [0.1, 0.15) is 0 Å². The van der Waals surface area contributed by atoms with E-state index in [2.05, 4.69) is 4.90 Å².